The molecule has 5 aromatic heterocycles. The number of nitrogens with zero attached hydrogens (tertiary/aromatic N) is 4. The second kappa shape index (κ2) is 13.4. The predicted octanol–water partition coefficient (Wildman–Crippen LogP) is 15.6. The van der Waals surface area contributed by atoms with Gasteiger partial charge in [0, 0.05) is 54.7 Å². The van der Waals surface area contributed by atoms with Gasteiger partial charge in [0.1, 0.15) is 17.0 Å². The van der Waals surface area contributed by atoms with Gasteiger partial charge in [0.05, 0.1) is 50.2 Å². The molecule has 0 bridgehead atoms. The highest BCUT2D eigenvalue weighted by Crippen LogP contribution is 2.44. The van der Waals surface area contributed by atoms with E-state index in [1.54, 1.807) is 0 Å². The minimum absolute atomic E-state index is 0.839. The molecule has 0 aliphatic rings. The van der Waals surface area contributed by atoms with Crippen LogP contribution < -0.4 is 0 Å². The molecule has 0 amide bonds. The van der Waals surface area contributed by atoms with E-state index in [1.807, 2.05) is 12.1 Å². The summed E-state index contributed by atoms with van der Waals surface area (Å²) in [5, 5.41) is 9.39. The minimum atomic E-state index is 0.839. The number of pyridine rings is 1. The van der Waals surface area contributed by atoms with Gasteiger partial charge in [0.25, 0.3) is 0 Å². The molecular weight excluding hydrogens is 781 g/mol. The van der Waals surface area contributed by atoms with E-state index in [-0.39, 0.29) is 0 Å². The molecule has 0 unspecified atom stereocenters. The van der Waals surface area contributed by atoms with Gasteiger partial charge in [-0.25, -0.2) is 4.98 Å². The zero-order chi connectivity index (χ0) is 41.9. The van der Waals surface area contributed by atoms with Crippen molar-refractivity contribution >= 4 is 87.4 Å². The van der Waals surface area contributed by atoms with E-state index < -0.39 is 0 Å². The van der Waals surface area contributed by atoms with Crippen molar-refractivity contribution in [3.63, 3.8) is 0 Å². The largest absolute Gasteiger partial charge is 0.456 e. The number of hydrogen-bond acceptors (Lipinski definition) is 2. The third-order valence-electron chi connectivity index (χ3n) is 13.3. The maximum atomic E-state index is 6.37. The number of aromatic nitrogens is 4. The monoisotopic (exact) mass is 816 g/mol. The highest BCUT2D eigenvalue weighted by Gasteiger charge is 2.24. The number of furan rings is 1. The molecule has 5 heterocycles. The van der Waals surface area contributed by atoms with E-state index in [9.17, 15) is 0 Å². The summed E-state index contributed by atoms with van der Waals surface area (Å²) in [6, 6.07) is 78.5. The summed E-state index contributed by atoms with van der Waals surface area (Å²) in [5.41, 5.74) is 14.6. The van der Waals surface area contributed by atoms with Crippen molar-refractivity contribution in [3.8, 4) is 39.6 Å². The summed E-state index contributed by atoms with van der Waals surface area (Å²) in [6.45, 7) is 0. The van der Waals surface area contributed by atoms with E-state index >= 15 is 0 Å². The number of fused-ring (bicyclic) bond motifs is 12. The molecule has 5 nitrogen and oxygen atoms in total. The normalized spacial score (nSPS) is 12.1. The summed E-state index contributed by atoms with van der Waals surface area (Å²) in [6.07, 6.45) is 0. The molecular formula is C59H36N4O. The van der Waals surface area contributed by atoms with Crippen LogP contribution in [0.15, 0.2) is 223 Å². The van der Waals surface area contributed by atoms with Gasteiger partial charge in [0.2, 0.25) is 0 Å². The number of rotatable bonds is 5. The SMILES string of the molecule is c1cc(-c2ccc3oc4ccccc4c3c2)c(-c2cc(-n3c4ccccc4c4ccccc43)cc(-n3c4ccccc4c4ccccc43)n2)c(-n2c3ccccc3c3ccccc32)c1. The zero-order valence-corrected chi connectivity index (χ0v) is 34.5. The topological polar surface area (TPSA) is 40.8 Å². The van der Waals surface area contributed by atoms with Crippen LogP contribution in [0.3, 0.4) is 0 Å². The van der Waals surface area contributed by atoms with Gasteiger partial charge < -0.3 is 13.6 Å². The average molecular weight is 817 g/mol. The standard InChI is InChI=1S/C59H36N4O/c1-8-24-49-40(16-1)41-17-2-9-25-50(41)61(49)38-35-48(60-58(36-38)63-53-28-12-5-20-44(53)45-21-6-13-29-54(45)63)59-39(37-32-33-57-47(34-37)46-22-7-14-31-56(46)64-57)23-15-30-55(59)62-51-26-10-3-18-42(51)43-19-4-11-27-52(43)62/h1-36H. The molecule has 298 valence electrons. The summed E-state index contributed by atoms with van der Waals surface area (Å²) in [4.78, 5) is 5.85. The van der Waals surface area contributed by atoms with Crippen LogP contribution in [0.4, 0.5) is 0 Å². The Morgan fingerprint density at radius 3 is 1.33 bits per heavy atom. The first-order chi connectivity index (χ1) is 31.8. The first-order valence-electron chi connectivity index (χ1n) is 21.8. The molecule has 0 aliphatic carbocycles. The van der Waals surface area contributed by atoms with E-state index in [1.165, 1.54) is 32.3 Å². The van der Waals surface area contributed by atoms with Crippen LogP contribution in [0.2, 0.25) is 0 Å². The number of para-hydroxylation sites is 7. The Bertz CT molecular complexity index is 3920. The Balaban J connectivity index is 1.15. The fraction of sp³-hybridized carbons (Fsp3) is 0. The van der Waals surface area contributed by atoms with Crippen molar-refractivity contribution in [1.29, 1.82) is 0 Å². The van der Waals surface area contributed by atoms with Gasteiger partial charge in [0.15, 0.2) is 0 Å². The maximum absolute atomic E-state index is 6.37. The Morgan fingerprint density at radius 2 is 0.781 bits per heavy atom. The van der Waals surface area contributed by atoms with E-state index in [0.29, 0.717) is 0 Å². The van der Waals surface area contributed by atoms with Gasteiger partial charge in [-0.3, -0.25) is 4.57 Å². The van der Waals surface area contributed by atoms with Crippen LogP contribution in [0.1, 0.15) is 0 Å². The number of hydrogen-bond donors (Lipinski definition) is 0. The van der Waals surface area contributed by atoms with Crippen molar-refractivity contribution in [3.05, 3.63) is 218 Å². The molecule has 64 heavy (non-hydrogen) atoms. The third-order valence-corrected chi connectivity index (χ3v) is 13.3. The van der Waals surface area contributed by atoms with E-state index in [0.717, 1.165) is 94.6 Å². The second-order valence-corrected chi connectivity index (χ2v) is 16.7. The highest BCUT2D eigenvalue weighted by molar-refractivity contribution is 6.13. The molecule has 0 spiro atoms. The lowest BCUT2D eigenvalue weighted by atomic mass is 9.94. The summed E-state index contributed by atoms with van der Waals surface area (Å²) < 4.78 is 13.6. The first-order valence-corrected chi connectivity index (χ1v) is 21.8. The fourth-order valence-electron chi connectivity index (χ4n) is 10.6. The van der Waals surface area contributed by atoms with Gasteiger partial charge in [-0.2, -0.15) is 0 Å². The Morgan fingerprint density at radius 1 is 0.328 bits per heavy atom. The molecule has 0 N–H and O–H groups in total. The van der Waals surface area contributed by atoms with E-state index in [4.69, 9.17) is 9.40 Å². The Kier molecular flexibility index (Phi) is 7.33. The third kappa shape index (κ3) is 4.98. The molecule has 5 heteroatoms. The lowest BCUT2D eigenvalue weighted by Crippen LogP contribution is -2.05. The van der Waals surface area contributed by atoms with Crippen molar-refractivity contribution < 1.29 is 4.42 Å². The molecule has 0 fully saturated rings. The van der Waals surface area contributed by atoms with Crippen molar-refractivity contribution in [2.45, 2.75) is 0 Å². The van der Waals surface area contributed by atoms with Crippen molar-refractivity contribution in [1.82, 2.24) is 18.7 Å². The van der Waals surface area contributed by atoms with Crippen molar-refractivity contribution in [2.75, 3.05) is 0 Å². The Hall–Kier alpha value is -8.67. The smallest absolute Gasteiger partial charge is 0.140 e. The molecule has 14 rings (SSSR count). The quantitative estimate of drug-likeness (QED) is 0.174. The highest BCUT2D eigenvalue weighted by atomic mass is 16.3. The molecule has 0 saturated carbocycles. The zero-order valence-electron chi connectivity index (χ0n) is 34.5. The fourth-order valence-corrected chi connectivity index (χ4v) is 10.6. The Labute approximate surface area is 366 Å². The summed E-state index contributed by atoms with van der Waals surface area (Å²) in [5.74, 6) is 0.839. The lowest BCUT2D eigenvalue weighted by molar-refractivity contribution is 0.669. The van der Waals surface area contributed by atoms with Crippen LogP contribution >= 0.6 is 0 Å². The van der Waals surface area contributed by atoms with Crippen LogP contribution in [-0.2, 0) is 0 Å². The molecule has 9 aromatic carbocycles. The molecule has 0 saturated heterocycles. The van der Waals surface area contributed by atoms with Crippen LogP contribution in [-0.4, -0.2) is 18.7 Å². The number of benzene rings is 9. The molecule has 0 radical (unpaired) electrons. The van der Waals surface area contributed by atoms with Crippen LogP contribution in [0, 0.1) is 0 Å². The summed E-state index contributed by atoms with van der Waals surface area (Å²) in [7, 11) is 0. The van der Waals surface area contributed by atoms with Gasteiger partial charge in [-0.15, -0.1) is 0 Å². The summed E-state index contributed by atoms with van der Waals surface area (Å²) >= 11 is 0. The van der Waals surface area contributed by atoms with Gasteiger partial charge in [-0.1, -0.05) is 146 Å². The first kappa shape index (κ1) is 35.0. The lowest BCUT2D eigenvalue weighted by Gasteiger charge is -2.20. The maximum Gasteiger partial charge on any atom is 0.140 e. The average Bonchev–Trinajstić information content (AvgIpc) is 4.10. The van der Waals surface area contributed by atoms with E-state index in [2.05, 4.69) is 220 Å². The minimum Gasteiger partial charge on any atom is -0.456 e. The predicted molar refractivity (Wildman–Crippen MR) is 265 cm³/mol. The van der Waals surface area contributed by atoms with Crippen LogP contribution in [0.25, 0.3) is 127 Å². The second-order valence-electron chi connectivity index (χ2n) is 16.7. The van der Waals surface area contributed by atoms with Gasteiger partial charge in [-0.05, 0) is 77.9 Å². The van der Waals surface area contributed by atoms with Crippen LogP contribution in [0.5, 0.6) is 0 Å². The molecule has 0 aliphatic heterocycles. The molecule has 14 aromatic rings. The van der Waals surface area contributed by atoms with Gasteiger partial charge >= 0.3 is 0 Å². The van der Waals surface area contributed by atoms with Crippen molar-refractivity contribution in [2.24, 2.45) is 0 Å². The molecule has 0 atom stereocenters.